The van der Waals surface area contributed by atoms with Crippen molar-refractivity contribution in [2.45, 2.75) is 77.1 Å². The van der Waals surface area contributed by atoms with Gasteiger partial charge in [-0.1, -0.05) is 25.5 Å². The summed E-state index contributed by atoms with van der Waals surface area (Å²) in [4.78, 5) is 0. The molecule has 5 aliphatic rings. The summed E-state index contributed by atoms with van der Waals surface area (Å²) in [7, 11) is 0. The fraction of sp³-hybridized carbons (Fsp3) is 0.905. The van der Waals surface area contributed by atoms with Crippen LogP contribution in [0.15, 0.2) is 11.6 Å². The minimum atomic E-state index is -0.275. The average molecular weight is 332 g/mol. The van der Waals surface area contributed by atoms with Gasteiger partial charge in [-0.25, -0.2) is 0 Å². The van der Waals surface area contributed by atoms with Crippen LogP contribution in [0.3, 0.4) is 0 Å². The summed E-state index contributed by atoms with van der Waals surface area (Å²) in [5.41, 5.74) is 2.10. The molecule has 4 aliphatic carbocycles. The molecule has 1 N–H and O–H groups in total. The third-order valence-electron chi connectivity index (χ3n) is 8.89. The zero-order valence-corrected chi connectivity index (χ0v) is 15.2. The Hall–Kier alpha value is -0.380. The topological polar surface area (TPSA) is 38.7 Å². The van der Waals surface area contributed by atoms with Gasteiger partial charge >= 0.3 is 0 Å². The van der Waals surface area contributed by atoms with Crippen molar-refractivity contribution in [3.63, 3.8) is 0 Å². The van der Waals surface area contributed by atoms with E-state index in [1.807, 2.05) is 0 Å². The van der Waals surface area contributed by atoms with Crippen LogP contribution in [0.25, 0.3) is 0 Å². The van der Waals surface area contributed by atoms with E-state index in [9.17, 15) is 5.11 Å². The Labute approximate surface area is 145 Å². The summed E-state index contributed by atoms with van der Waals surface area (Å²) < 4.78 is 12.5. The summed E-state index contributed by atoms with van der Waals surface area (Å²) in [6.45, 7) is 6.51. The maximum Gasteiger partial charge on any atom is 0.174 e. The second-order valence-corrected chi connectivity index (χ2v) is 9.58. The van der Waals surface area contributed by atoms with Gasteiger partial charge in [0, 0.05) is 11.8 Å². The number of ether oxygens (including phenoxy) is 2. The minimum absolute atomic E-state index is 0.200. The largest absolute Gasteiger partial charge is 0.389 e. The number of aliphatic hydroxyl groups excluding tert-OH is 1. The molecule has 1 spiro atoms. The standard InChI is InChI=1S/C21H32O3/c1-19-8-5-15(22)13-14(19)3-4-16-17(19)6-9-20(2)18(16)7-10-21(20)23-11-12-24-21/h13,15-18,22H,3-12H2,1-2H3/t15-,16+,17-,18-,19-,20-/m0/s1. The molecule has 0 bridgehead atoms. The van der Waals surface area contributed by atoms with E-state index in [-0.39, 0.29) is 17.3 Å². The molecule has 0 unspecified atom stereocenters. The minimum Gasteiger partial charge on any atom is -0.389 e. The lowest BCUT2D eigenvalue weighted by Crippen LogP contribution is -2.55. The van der Waals surface area contributed by atoms with E-state index in [2.05, 4.69) is 19.9 Å². The van der Waals surface area contributed by atoms with E-state index in [4.69, 9.17) is 9.47 Å². The molecule has 5 rings (SSSR count). The van der Waals surface area contributed by atoms with E-state index >= 15 is 0 Å². The summed E-state index contributed by atoms with van der Waals surface area (Å²) in [5.74, 6) is 2.08. The molecular weight excluding hydrogens is 300 g/mol. The van der Waals surface area contributed by atoms with Gasteiger partial charge in [-0.15, -0.1) is 0 Å². The van der Waals surface area contributed by atoms with Crippen LogP contribution < -0.4 is 0 Å². The highest BCUT2D eigenvalue weighted by Gasteiger charge is 2.66. The quantitative estimate of drug-likeness (QED) is 0.680. The number of rotatable bonds is 0. The first-order valence-electron chi connectivity index (χ1n) is 10.2. The molecular formula is C21H32O3. The fourth-order valence-electron chi connectivity index (χ4n) is 7.60. The van der Waals surface area contributed by atoms with Gasteiger partial charge in [-0.05, 0) is 68.1 Å². The van der Waals surface area contributed by atoms with Crippen LogP contribution >= 0.6 is 0 Å². The van der Waals surface area contributed by atoms with E-state index in [0.717, 1.165) is 43.8 Å². The molecule has 0 amide bonds. The monoisotopic (exact) mass is 332 g/mol. The van der Waals surface area contributed by atoms with E-state index in [1.165, 1.54) is 38.5 Å². The zero-order chi connectivity index (χ0) is 16.6. The molecule has 6 atom stereocenters. The maximum absolute atomic E-state index is 10.1. The van der Waals surface area contributed by atoms with Crippen LogP contribution in [0.1, 0.15) is 65.2 Å². The number of hydrogen-bond donors (Lipinski definition) is 1. The third kappa shape index (κ3) is 1.84. The molecule has 24 heavy (non-hydrogen) atoms. The Morgan fingerprint density at radius 2 is 1.71 bits per heavy atom. The van der Waals surface area contributed by atoms with Gasteiger partial charge in [0.1, 0.15) is 0 Å². The molecule has 0 radical (unpaired) electrons. The molecule has 3 heteroatoms. The van der Waals surface area contributed by atoms with Crippen molar-refractivity contribution in [1.29, 1.82) is 0 Å². The Balaban J connectivity index is 1.48. The van der Waals surface area contributed by atoms with Gasteiger partial charge in [0.15, 0.2) is 5.79 Å². The van der Waals surface area contributed by atoms with Gasteiger partial charge in [0.25, 0.3) is 0 Å². The van der Waals surface area contributed by atoms with Crippen molar-refractivity contribution in [3.8, 4) is 0 Å². The van der Waals surface area contributed by atoms with E-state index in [1.54, 1.807) is 5.57 Å². The first-order valence-corrected chi connectivity index (χ1v) is 10.2. The highest BCUT2D eigenvalue weighted by molar-refractivity contribution is 5.26. The van der Waals surface area contributed by atoms with Crippen molar-refractivity contribution in [2.24, 2.45) is 28.6 Å². The predicted molar refractivity (Wildman–Crippen MR) is 92.3 cm³/mol. The first kappa shape index (κ1) is 15.8. The van der Waals surface area contributed by atoms with Crippen molar-refractivity contribution in [2.75, 3.05) is 13.2 Å². The van der Waals surface area contributed by atoms with Crippen molar-refractivity contribution in [1.82, 2.24) is 0 Å². The lowest BCUT2D eigenvalue weighted by Gasteiger charge is -2.59. The van der Waals surface area contributed by atoms with Crippen LogP contribution in [0.4, 0.5) is 0 Å². The second kappa shape index (κ2) is 5.08. The average Bonchev–Trinajstić information content (AvgIpc) is 3.15. The molecule has 1 aliphatic heterocycles. The maximum atomic E-state index is 10.1. The molecule has 0 aromatic rings. The van der Waals surface area contributed by atoms with Crippen molar-refractivity contribution in [3.05, 3.63) is 11.6 Å². The molecule has 1 heterocycles. The fourth-order valence-corrected chi connectivity index (χ4v) is 7.60. The smallest absolute Gasteiger partial charge is 0.174 e. The predicted octanol–water partition coefficient (Wildman–Crippen LogP) is 4.05. The van der Waals surface area contributed by atoms with Crippen LogP contribution in [-0.4, -0.2) is 30.2 Å². The molecule has 0 aromatic heterocycles. The molecule has 3 nitrogen and oxygen atoms in total. The number of hydrogen-bond acceptors (Lipinski definition) is 3. The summed E-state index contributed by atoms with van der Waals surface area (Å²) in [5, 5.41) is 10.1. The van der Waals surface area contributed by atoms with Gasteiger partial charge in [-0.3, -0.25) is 0 Å². The molecule has 1 saturated heterocycles. The van der Waals surface area contributed by atoms with Crippen LogP contribution in [-0.2, 0) is 9.47 Å². The van der Waals surface area contributed by atoms with Crippen LogP contribution in [0.2, 0.25) is 0 Å². The molecule has 0 aromatic carbocycles. The van der Waals surface area contributed by atoms with Gasteiger partial charge < -0.3 is 14.6 Å². The van der Waals surface area contributed by atoms with Crippen molar-refractivity contribution < 1.29 is 14.6 Å². The summed E-state index contributed by atoms with van der Waals surface area (Å²) in [6.07, 6.45) is 11.5. The Morgan fingerprint density at radius 3 is 2.50 bits per heavy atom. The second-order valence-electron chi connectivity index (χ2n) is 9.58. The highest BCUT2D eigenvalue weighted by atomic mass is 16.7. The lowest BCUT2D eigenvalue weighted by atomic mass is 9.47. The van der Waals surface area contributed by atoms with Crippen LogP contribution in [0, 0.1) is 28.6 Å². The summed E-state index contributed by atoms with van der Waals surface area (Å²) in [6, 6.07) is 0. The van der Waals surface area contributed by atoms with Crippen LogP contribution in [0.5, 0.6) is 0 Å². The van der Waals surface area contributed by atoms with Crippen molar-refractivity contribution >= 4 is 0 Å². The number of allylic oxidation sites excluding steroid dienone is 1. The lowest BCUT2D eigenvalue weighted by molar-refractivity contribution is -0.243. The number of fused-ring (bicyclic) bond motifs is 6. The summed E-state index contributed by atoms with van der Waals surface area (Å²) >= 11 is 0. The molecule has 4 fully saturated rings. The van der Waals surface area contributed by atoms with E-state index < -0.39 is 0 Å². The van der Waals surface area contributed by atoms with Gasteiger partial charge in [0.2, 0.25) is 0 Å². The Morgan fingerprint density at radius 1 is 0.958 bits per heavy atom. The third-order valence-corrected chi connectivity index (χ3v) is 8.89. The molecule has 134 valence electrons. The number of aliphatic hydroxyl groups is 1. The SMILES string of the molecule is C[C@]12CC[C@H](O)C=C1CC[C@@H]1[C@@H]2CC[C@@]2(C)[C@H]1CCC21OCCO1. The van der Waals surface area contributed by atoms with Gasteiger partial charge in [0.05, 0.1) is 19.3 Å². The molecule has 3 saturated carbocycles. The Kier molecular flexibility index (Phi) is 3.35. The zero-order valence-electron chi connectivity index (χ0n) is 15.2. The highest BCUT2D eigenvalue weighted by Crippen LogP contribution is 2.68. The van der Waals surface area contributed by atoms with Gasteiger partial charge in [-0.2, -0.15) is 0 Å². The first-order chi connectivity index (χ1) is 11.5. The van der Waals surface area contributed by atoms with E-state index in [0.29, 0.717) is 5.41 Å². The Bertz CT molecular complexity index is 563. The normalized spacial score (nSPS) is 52.5.